The third-order valence-electron chi connectivity index (χ3n) is 3.99. The Balaban J connectivity index is 1.85. The SMILES string of the molecule is CCCCCCc1ccc(C#Cc2ccc(OCOCC)cc2)cc1. The van der Waals surface area contributed by atoms with Crippen molar-refractivity contribution in [3.63, 3.8) is 0 Å². The molecule has 2 nitrogen and oxygen atoms in total. The molecule has 2 heteroatoms. The fourth-order valence-corrected chi connectivity index (χ4v) is 2.48. The molecule has 0 aliphatic heterocycles. The number of aryl methyl sites for hydroxylation is 1. The van der Waals surface area contributed by atoms with E-state index in [1.165, 1.54) is 31.2 Å². The fourth-order valence-electron chi connectivity index (χ4n) is 2.48. The van der Waals surface area contributed by atoms with Gasteiger partial charge in [0.2, 0.25) is 0 Å². The van der Waals surface area contributed by atoms with Crippen LogP contribution in [0.15, 0.2) is 48.5 Å². The van der Waals surface area contributed by atoms with Crippen LogP contribution in [0.25, 0.3) is 0 Å². The van der Waals surface area contributed by atoms with Crippen LogP contribution in [0.2, 0.25) is 0 Å². The zero-order valence-corrected chi connectivity index (χ0v) is 15.4. The molecule has 0 atom stereocenters. The molecule has 0 saturated carbocycles. The van der Waals surface area contributed by atoms with Crippen LogP contribution in [0.5, 0.6) is 5.75 Å². The van der Waals surface area contributed by atoms with Crippen molar-refractivity contribution in [1.82, 2.24) is 0 Å². The summed E-state index contributed by atoms with van der Waals surface area (Å²) >= 11 is 0. The Bertz CT molecular complexity index is 660. The van der Waals surface area contributed by atoms with Gasteiger partial charge in [-0.1, -0.05) is 50.2 Å². The van der Waals surface area contributed by atoms with E-state index >= 15 is 0 Å². The quantitative estimate of drug-likeness (QED) is 0.338. The minimum atomic E-state index is 0.284. The van der Waals surface area contributed by atoms with Gasteiger partial charge in [-0.15, -0.1) is 0 Å². The van der Waals surface area contributed by atoms with Gasteiger partial charge in [0.05, 0.1) is 0 Å². The highest BCUT2D eigenvalue weighted by Gasteiger charge is 1.95. The topological polar surface area (TPSA) is 18.5 Å². The smallest absolute Gasteiger partial charge is 0.189 e. The first-order chi connectivity index (χ1) is 12.3. The molecule has 0 saturated heterocycles. The van der Waals surface area contributed by atoms with Crippen LogP contribution in [0, 0.1) is 11.8 Å². The minimum Gasteiger partial charge on any atom is -0.468 e. The van der Waals surface area contributed by atoms with Crippen molar-refractivity contribution in [3.05, 3.63) is 65.2 Å². The van der Waals surface area contributed by atoms with Crippen molar-refractivity contribution in [2.24, 2.45) is 0 Å². The first-order valence-electron chi connectivity index (χ1n) is 9.23. The third kappa shape index (κ3) is 7.45. The molecule has 25 heavy (non-hydrogen) atoms. The van der Waals surface area contributed by atoms with Crippen LogP contribution in [-0.4, -0.2) is 13.4 Å². The zero-order valence-electron chi connectivity index (χ0n) is 15.4. The molecule has 0 heterocycles. The lowest BCUT2D eigenvalue weighted by Crippen LogP contribution is -2.01. The molecule has 2 aromatic carbocycles. The number of hydrogen-bond acceptors (Lipinski definition) is 2. The van der Waals surface area contributed by atoms with Crippen LogP contribution in [0.1, 0.15) is 56.2 Å². The van der Waals surface area contributed by atoms with Crippen LogP contribution >= 0.6 is 0 Å². The second-order valence-electron chi connectivity index (χ2n) is 6.04. The molecule has 0 radical (unpaired) electrons. The molecule has 2 rings (SSSR count). The van der Waals surface area contributed by atoms with Gasteiger partial charge < -0.3 is 9.47 Å². The molecule has 0 N–H and O–H groups in total. The second kappa shape index (κ2) is 11.3. The summed E-state index contributed by atoms with van der Waals surface area (Å²) < 4.78 is 10.6. The maximum absolute atomic E-state index is 5.45. The number of hydrogen-bond donors (Lipinski definition) is 0. The Kier molecular flexibility index (Phi) is 8.66. The molecular formula is C23H28O2. The van der Waals surface area contributed by atoms with E-state index in [1.54, 1.807) is 0 Å². The Morgan fingerprint density at radius 2 is 1.40 bits per heavy atom. The standard InChI is InChI=1S/C23H28O2/c1-3-5-6-7-8-20-9-11-21(12-10-20)13-14-22-15-17-23(18-16-22)25-19-24-4-2/h9-12,15-18H,3-8,19H2,1-2H3. The summed E-state index contributed by atoms with van der Waals surface area (Å²) in [6.07, 6.45) is 6.38. The van der Waals surface area contributed by atoms with Crippen LogP contribution in [-0.2, 0) is 11.2 Å². The third-order valence-corrected chi connectivity index (χ3v) is 3.99. The van der Waals surface area contributed by atoms with Gasteiger partial charge in [0.1, 0.15) is 5.75 Å². The molecule has 0 fully saturated rings. The zero-order chi connectivity index (χ0) is 17.7. The van der Waals surface area contributed by atoms with E-state index in [2.05, 4.69) is 43.0 Å². The average Bonchev–Trinajstić information content (AvgIpc) is 2.66. The predicted octanol–water partition coefficient (Wildman–Crippen LogP) is 5.58. The number of unbranched alkanes of at least 4 members (excludes halogenated alkanes) is 3. The normalized spacial score (nSPS) is 10.2. The molecule has 0 aromatic heterocycles. The van der Waals surface area contributed by atoms with E-state index < -0.39 is 0 Å². The van der Waals surface area contributed by atoms with Crippen molar-refractivity contribution in [2.45, 2.75) is 46.0 Å². The van der Waals surface area contributed by atoms with Gasteiger partial charge in [0, 0.05) is 17.7 Å². The Morgan fingerprint density at radius 1 is 0.760 bits per heavy atom. The first kappa shape index (κ1) is 19.1. The summed E-state index contributed by atoms with van der Waals surface area (Å²) in [4.78, 5) is 0. The second-order valence-corrected chi connectivity index (χ2v) is 6.04. The highest BCUT2D eigenvalue weighted by atomic mass is 16.7. The van der Waals surface area contributed by atoms with Gasteiger partial charge in [0.25, 0.3) is 0 Å². The van der Waals surface area contributed by atoms with Gasteiger partial charge in [-0.25, -0.2) is 0 Å². The highest BCUT2D eigenvalue weighted by Crippen LogP contribution is 2.12. The maximum atomic E-state index is 5.45. The van der Waals surface area contributed by atoms with Gasteiger partial charge >= 0.3 is 0 Å². The Morgan fingerprint density at radius 3 is 2.00 bits per heavy atom. The Labute approximate surface area is 152 Å². The molecule has 0 unspecified atom stereocenters. The van der Waals surface area contributed by atoms with Crippen molar-refractivity contribution in [3.8, 4) is 17.6 Å². The highest BCUT2D eigenvalue weighted by molar-refractivity contribution is 5.44. The van der Waals surface area contributed by atoms with E-state index in [9.17, 15) is 0 Å². The molecule has 132 valence electrons. The molecule has 0 aliphatic carbocycles. The lowest BCUT2D eigenvalue weighted by atomic mass is 10.0. The summed E-state index contributed by atoms with van der Waals surface area (Å²) in [6, 6.07) is 16.4. The molecule has 0 bridgehead atoms. The molecule has 0 aliphatic rings. The first-order valence-corrected chi connectivity index (χ1v) is 9.23. The summed E-state index contributed by atoms with van der Waals surface area (Å²) in [5.74, 6) is 7.22. The minimum absolute atomic E-state index is 0.284. The summed E-state index contributed by atoms with van der Waals surface area (Å²) in [7, 11) is 0. The summed E-state index contributed by atoms with van der Waals surface area (Å²) in [5.41, 5.74) is 3.43. The molecular weight excluding hydrogens is 308 g/mol. The van der Waals surface area contributed by atoms with Crippen molar-refractivity contribution in [1.29, 1.82) is 0 Å². The average molecular weight is 336 g/mol. The van der Waals surface area contributed by atoms with E-state index in [0.29, 0.717) is 6.61 Å². The van der Waals surface area contributed by atoms with Crippen LogP contribution in [0.3, 0.4) is 0 Å². The lowest BCUT2D eigenvalue weighted by Gasteiger charge is -2.05. The van der Waals surface area contributed by atoms with Gasteiger partial charge in [-0.2, -0.15) is 0 Å². The molecule has 0 amide bonds. The van der Waals surface area contributed by atoms with E-state index in [0.717, 1.165) is 23.3 Å². The molecule has 0 spiro atoms. The fraction of sp³-hybridized carbons (Fsp3) is 0.391. The Hall–Kier alpha value is -2.24. The van der Waals surface area contributed by atoms with Crippen LogP contribution in [0.4, 0.5) is 0 Å². The maximum Gasteiger partial charge on any atom is 0.189 e. The van der Waals surface area contributed by atoms with Gasteiger partial charge in [0.15, 0.2) is 6.79 Å². The molecule has 2 aromatic rings. The number of benzene rings is 2. The van der Waals surface area contributed by atoms with Crippen molar-refractivity contribution < 1.29 is 9.47 Å². The van der Waals surface area contributed by atoms with Gasteiger partial charge in [-0.3, -0.25) is 0 Å². The van der Waals surface area contributed by atoms with Crippen molar-refractivity contribution in [2.75, 3.05) is 13.4 Å². The van der Waals surface area contributed by atoms with Crippen molar-refractivity contribution >= 4 is 0 Å². The predicted molar refractivity (Wildman–Crippen MR) is 104 cm³/mol. The monoisotopic (exact) mass is 336 g/mol. The van der Waals surface area contributed by atoms with Gasteiger partial charge in [-0.05, 0) is 61.7 Å². The van der Waals surface area contributed by atoms with Crippen LogP contribution < -0.4 is 4.74 Å². The van der Waals surface area contributed by atoms with E-state index in [-0.39, 0.29) is 6.79 Å². The number of rotatable bonds is 9. The summed E-state index contributed by atoms with van der Waals surface area (Å²) in [5, 5.41) is 0. The van der Waals surface area contributed by atoms with E-state index in [1.807, 2.05) is 31.2 Å². The number of ether oxygens (including phenoxy) is 2. The van der Waals surface area contributed by atoms with E-state index in [4.69, 9.17) is 9.47 Å². The largest absolute Gasteiger partial charge is 0.468 e. The summed E-state index contributed by atoms with van der Waals surface area (Å²) in [6.45, 7) is 5.13. The lowest BCUT2D eigenvalue weighted by molar-refractivity contribution is 0.0224.